The van der Waals surface area contributed by atoms with E-state index in [1.54, 1.807) is 0 Å². The summed E-state index contributed by atoms with van der Waals surface area (Å²) in [5, 5.41) is 7.27. The van der Waals surface area contributed by atoms with Crippen molar-refractivity contribution in [3.8, 4) is 22.8 Å². The molecule has 4 nitrogen and oxygen atoms in total. The van der Waals surface area contributed by atoms with Crippen molar-refractivity contribution in [1.29, 1.82) is 0 Å². The molecule has 0 amide bonds. The monoisotopic (exact) mass is 586 g/mol. The van der Waals surface area contributed by atoms with E-state index in [4.69, 9.17) is 9.97 Å². The normalized spacial score (nSPS) is 11.9. The van der Waals surface area contributed by atoms with Crippen LogP contribution in [-0.4, -0.2) is 19.1 Å². The maximum absolute atomic E-state index is 5.33. The van der Waals surface area contributed by atoms with E-state index in [-0.39, 0.29) is 0 Å². The van der Waals surface area contributed by atoms with Gasteiger partial charge in [0, 0.05) is 38.2 Å². The lowest BCUT2D eigenvalue weighted by Gasteiger charge is -2.14. The maximum atomic E-state index is 5.33. The molecule has 0 bridgehead atoms. The van der Waals surface area contributed by atoms with E-state index in [0.717, 1.165) is 44.8 Å². The minimum absolute atomic E-state index is 0.827. The van der Waals surface area contributed by atoms with Gasteiger partial charge in [-0.25, -0.2) is 9.97 Å². The van der Waals surface area contributed by atoms with Gasteiger partial charge in [0.15, 0.2) is 5.82 Å². The molecule has 0 aliphatic rings. The molecular formula is C42H26N4. The number of aromatic nitrogens is 4. The van der Waals surface area contributed by atoms with Gasteiger partial charge < -0.3 is 4.57 Å². The highest BCUT2D eigenvalue weighted by Gasteiger charge is 2.22. The van der Waals surface area contributed by atoms with Gasteiger partial charge in [-0.2, -0.15) is 0 Å². The van der Waals surface area contributed by atoms with Crippen LogP contribution in [-0.2, 0) is 0 Å². The molecule has 0 radical (unpaired) electrons. The Kier molecular flexibility index (Phi) is 5.25. The molecule has 0 saturated heterocycles. The number of hydrogen-bond acceptors (Lipinski definition) is 2. The molecular weight excluding hydrogens is 560 g/mol. The molecule has 0 saturated carbocycles. The van der Waals surface area contributed by atoms with E-state index >= 15 is 0 Å². The molecule has 4 heteroatoms. The van der Waals surface area contributed by atoms with Crippen LogP contribution >= 0.6 is 0 Å². The Hall–Kier alpha value is -6.26. The van der Waals surface area contributed by atoms with Crippen LogP contribution in [0.25, 0.3) is 88.2 Å². The average molecular weight is 587 g/mol. The molecule has 10 aromatic rings. The quantitative estimate of drug-likeness (QED) is 0.206. The third-order valence-corrected chi connectivity index (χ3v) is 9.27. The summed E-state index contributed by atoms with van der Waals surface area (Å²) in [5.74, 6) is 0.827. The highest BCUT2D eigenvalue weighted by atomic mass is 15.1. The maximum Gasteiger partial charge on any atom is 0.165 e. The first kappa shape index (κ1) is 25.1. The standard InChI is InChI=1S/C42H26N4/c1-3-14-28(15-4-1)40-42(44-36-21-11-10-20-35(36)43-40)46-37-22-12-9-19-31(37)33-25-38-34(26-39(33)46)32-24-23-27-13-7-8-18-30(27)41(32)45(38)29-16-5-2-6-17-29/h1-26H. The van der Waals surface area contributed by atoms with Gasteiger partial charge in [0.05, 0.1) is 33.1 Å². The molecule has 0 aliphatic heterocycles. The van der Waals surface area contributed by atoms with Gasteiger partial charge in [-0.15, -0.1) is 0 Å². The zero-order valence-electron chi connectivity index (χ0n) is 24.8. The van der Waals surface area contributed by atoms with Gasteiger partial charge in [-0.3, -0.25) is 4.57 Å². The Labute approximate surface area is 264 Å². The Bertz CT molecular complexity index is 2790. The van der Waals surface area contributed by atoms with Gasteiger partial charge in [0.25, 0.3) is 0 Å². The third kappa shape index (κ3) is 3.55. The Balaban J connectivity index is 1.40. The van der Waals surface area contributed by atoms with Crippen LogP contribution in [0.3, 0.4) is 0 Å². The van der Waals surface area contributed by atoms with Crippen LogP contribution in [0.2, 0.25) is 0 Å². The van der Waals surface area contributed by atoms with Gasteiger partial charge in [-0.1, -0.05) is 115 Å². The number of nitrogens with zero attached hydrogens (tertiary/aromatic N) is 4. The van der Waals surface area contributed by atoms with E-state index in [0.29, 0.717) is 0 Å². The SMILES string of the molecule is c1ccc(-c2nc3ccccc3nc2-n2c3ccccc3c3cc4c(cc32)c2ccc3ccccc3c2n4-c2ccccc2)cc1. The molecule has 3 heterocycles. The summed E-state index contributed by atoms with van der Waals surface area (Å²) in [4.78, 5) is 10.5. The van der Waals surface area contributed by atoms with Crippen molar-refractivity contribution in [3.63, 3.8) is 0 Å². The van der Waals surface area contributed by atoms with Crippen LogP contribution in [0.4, 0.5) is 0 Å². The van der Waals surface area contributed by atoms with Crippen LogP contribution in [0.15, 0.2) is 158 Å². The summed E-state index contributed by atoms with van der Waals surface area (Å²) >= 11 is 0. The summed E-state index contributed by atoms with van der Waals surface area (Å²) in [6.07, 6.45) is 0. The number of benzene rings is 7. The van der Waals surface area contributed by atoms with Crippen molar-refractivity contribution < 1.29 is 0 Å². The second-order valence-electron chi connectivity index (χ2n) is 11.8. The predicted octanol–water partition coefficient (Wildman–Crippen LogP) is 10.6. The Morgan fingerprint density at radius 2 is 1.00 bits per heavy atom. The van der Waals surface area contributed by atoms with Crippen LogP contribution in [0.1, 0.15) is 0 Å². The fraction of sp³-hybridized carbons (Fsp3) is 0. The van der Waals surface area contributed by atoms with Gasteiger partial charge >= 0.3 is 0 Å². The number of fused-ring (bicyclic) bond motifs is 9. The van der Waals surface area contributed by atoms with E-state index in [1.807, 2.05) is 30.3 Å². The summed E-state index contributed by atoms with van der Waals surface area (Å²) in [6.45, 7) is 0. The zero-order valence-corrected chi connectivity index (χ0v) is 24.8. The first-order chi connectivity index (χ1) is 22.8. The summed E-state index contributed by atoms with van der Waals surface area (Å²) in [6, 6.07) is 55.9. The van der Waals surface area contributed by atoms with Gasteiger partial charge in [-0.05, 0) is 47.9 Å². The third-order valence-electron chi connectivity index (χ3n) is 9.27. The highest BCUT2D eigenvalue weighted by molar-refractivity contribution is 6.23. The van der Waals surface area contributed by atoms with Crippen LogP contribution in [0, 0.1) is 0 Å². The Morgan fingerprint density at radius 3 is 1.80 bits per heavy atom. The first-order valence-electron chi connectivity index (χ1n) is 15.6. The number of hydrogen-bond donors (Lipinski definition) is 0. The summed E-state index contributed by atoms with van der Waals surface area (Å²) in [5.41, 5.74) is 9.41. The number of para-hydroxylation sites is 4. The van der Waals surface area contributed by atoms with E-state index in [1.165, 1.54) is 43.4 Å². The zero-order chi connectivity index (χ0) is 30.2. The lowest BCUT2D eigenvalue weighted by atomic mass is 10.0. The van der Waals surface area contributed by atoms with Crippen molar-refractivity contribution in [2.24, 2.45) is 0 Å². The predicted molar refractivity (Wildman–Crippen MR) is 191 cm³/mol. The minimum atomic E-state index is 0.827. The van der Waals surface area contributed by atoms with Crippen LogP contribution < -0.4 is 0 Å². The van der Waals surface area contributed by atoms with Crippen molar-refractivity contribution >= 4 is 65.4 Å². The summed E-state index contributed by atoms with van der Waals surface area (Å²) < 4.78 is 4.75. The van der Waals surface area contributed by atoms with Gasteiger partial charge in [0.2, 0.25) is 0 Å². The topological polar surface area (TPSA) is 35.6 Å². The van der Waals surface area contributed by atoms with E-state index in [9.17, 15) is 0 Å². The van der Waals surface area contributed by atoms with E-state index in [2.05, 4.69) is 137 Å². The molecule has 0 fully saturated rings. The summed E-state index contributed by atoms with van der Waals surface area (Å²) in [7, 11) is 0. The second kappa shape index (κ2) is 9.62. The minimum Gasteiger partial charge on any atom is -0.309 e. The fourth-order valence-electron chi connectivity index (χ4n) is 7.25. The van der Waals surface area contributed by atoms with Gasteiger partial charge in [0.1, 0.15) is 5.69 Å². The lowest BCUT2D eigenvalue weighted by Crippen LogP contribution is -2.03. The van der Waals surface area contributed by atoms with Crippen molar-refractivity contribution in [2.75, 3.05) is 0 Å². The average Bonchev–Trinajstić information content (AvgIpc) is 3.63. The molecule has 7 aromatic carbocycles. The first-order valence-corrected chi connectivity index (χ1v) is 15.6. The molecule has 0 unspecified atom stereocenters. The molecule has 0 N–H and O–H groups in total. The molecule has 3 aromatic heterocycles. The Morgan fingerprint density at radius 1 is 0.391 bits per heavy atom. The van der Waals surface area contributed by atoms with E-state index < -0.39 is 0 Å². The molecule has 10 rings (SSSR count). The highest BCUT2D eigenvalue weighted by Crippen LogP contribution is 2.42. The van der Waals surface area contributed by atoms with Crippen LogP contribution in [0.5, 0.6) is 0 Å². The van der Waals surface area contributed by atoms with Crippen molar-refractivity contribution in [2.45, 2.75) is 0 Å². The molecule has 0 spiro atoms. The second-order valence-corrected chi connectivity index (χ2v) is 11.8. The smallest absolute Gasteiger partial charge is 0.165 e. The fourth-order valence-corrected chi connectivity index (χ4v) is 7.25. The van der Waals surface area contributed by atoms with Crippen molar-refractivity contribution in [1.82, 2.24) is 19.1 Å². The van der Waals surface area contributed by atoms with Crippen molar-refractivity contribution in [3.05, 3.63) is 158 Å². The molecule has 0 aliphatic carbocycles. The number of rotatable bonds is 3. The molecule has 46 heavy (non-hydrogen) atoms. The lowest BCUT2D eigenvalue weighted by molar-refractivity contribution is 1.08. The molecule has 214 valence electrons. The molecule has 0 atom stereocenters. The largest absolute Gasteiger partial charge is 0.309 e.